The van der Waals surface area contributed by atoms with Crippen LogP contribution in [0.25, 0.3) is 27.8 Å². The van der Waals surface area contributed by atoms with Gasteiger partial charge in [-0.05, 0) is 47.5 Å². The molecule has 0 aliphatic heterocycles. The zero-order valence-corrected chi connectivity index (χ0v) is 19.4. The molecule has 1 aromatic heterocycles. The molecule has 0 unspecified atom stereocenters. The van der Waals surface area contributed by atoms with Gasteiger partial charge < -0.3 is 9.88 Å². The van der Waals surface area contributed by atoms with Crippen molar-refractivity contribution >= 4 is 34.2 Å². The van der Waals surface area contributed by atoms with Crippen LogP contribution in [0.1, 0.15) is 12.5 Å². The molecule has 6 heteroatoms. The molecule has 0 radical (unpaired) electrons. The third-order valence-corrected chi connectivity index (χ3v) is 6.21. The lowest BCUT2D eigenvalue weighted by Crippen LogP contribution is -2.24. The summed E-state index contributed by atoms with van der Waals surface area (Å²) >= 11 is 6.41. The largest absolute Gasteiger partial charge is 0.326 e. The van der Waals surface area contributed by atoms with Crippen molar-refractivity contribution in [2.75, 3.05) is 5.32 Å². The van der Waals surface area contributed by atoms with Crippen LogP contribution in [-0.4, -0.2) is 15.0 Å². The van der Waals surface area contributed by atoms with E-state index in [9.17, 15) is 4.79 Å². The highest BCUT2D eigenvalue weighted by Gasteiger charge is 2.14. The number of fused-ring (bicyclic) bond motifs is 1. The van der Waals surface area contributed by atoms with Crippen molar-refractivity contribution in [3.05, 3.63) is 113 Å². The summed E-state index contributed by atoms with van der Waals surface area (Å²) in [5.41, 5.74) is 6.84. The molecule has 1 heterocycles. The third-order valence-electron chi connectivity index (χ3n) is 5.84. The van der Waals surface area contributed by atoms with Crippen LogP contribution in [0.3, 0.4) is 0 Å². The summed E-state index contributed by atoms with van der Waals surface area (Å²) < 4.78 is 3.91. The van der Waals surface area contributed by atoms with Crippen molar-refractivity contribution in [1.29, 1.82) is 5.41 Å². The minimum atomic E-state index is -0.107. The second-order valence-corrected chi connectivity index (χ2v) is 8.51. The highest BCUT2D eigenvalue weighted by atomic mass is 35.5. The number of carbonyl (C=O) groups excluding carboxylic acids is 1. The number of hydrogen-bond donors (Lipinski definition) is 2. The molecule has 34 heavy (non-hydrogen) atoms. The summed E-state index contributed by atoms with van der Waals surface area (Å²) in [5, 5.41) is 12.6. The van der Waals surface area contributed by atoms with Crippen LogP contribution in [0.15, 0.2) is 97.1 Å². The zero-order chi connectivity index (χ0) is 23.7. The number of nitrogens with one attached hydrogen (secondary N) is 2. The smallest absolute Gasteiger partial charge is 0.221 e. The molecule has 0 saturated carbocycles. The van der Waals surface area contributed by atoms with Gasteiger partial charge in [0.2, 0.25) is 11.5 Å². The van der Waals surface area contributed by atoms with Crippen molar-refractivity contribution < 1.29 is 4.79 Å². The molecule has 5 nitrogen and oxygen atoms in total. The van der Waals surface area contributed by atoms with Gasteiger partial charge in [0.15, 0.2) is 0 Å². The molecule has 5 rings (SSSR count). The fraction of sp³-hybridized carbons (Fsp3) is 0.0714. The molecule has 0 aliphatic rings. The maximum atomic E-state index is 11.6. The monoisotopic (exact) mass is 466 g/mol. The molecule has 0 aliphatic carbocycles. The fourth-order valence-corrected chi connectivity index (χ4v) is 4.47. The number of benzene rings is 4. The molecule has 5 aromatic rings. The van der Waals surface area contributed by atoms with Gasteiger partial charge in [-0.2, -0.15) is 0 Å². The normalized spacial score (nSPS) is 11.0. The van der Waals surface area contributed by atoms with E-state index >= 15 is 0 Å². The van der Waals surface area contributed by atoms with Crippen LogP contribution in [-0.2, 0) is 11.3 Å². The summed E-state index contributed by atoms with van der Waals surface area (Å²) in [5.74, 6) is -0.107. The Morgan fingerprint density at radius 2 is 1.50 bits per heavy atom. The Balaban J connectivity index is 1.59. The Morgan fingerprint density at radius 1 is 0.853 bits per heavy atom. The molecule has 168 valence electrons. The Labute approximate surface area is 202 Å². The molecule has 0 saturated heterocycles. The first-order chi connectivity index (χ1) is 16.5. The third kappa shape index (κ3) is 4.02. The predicted octanol–water partition coefficient (Wildman–Crippen LogP) is 6.24. The molecule has 2 N–H and O–H groups in total. The highest BCUT2D eigenvalue weighted by Crippen LogP contribution is 2.29. The van der Waals surface area contributed by atoms with Gasteiger partial charge in [0.05, 0.1) is 17.6 Å². The number of amides is 1. The van der Waals surface area contributed by atoms with E-state index in [0.29, 0.717) is 17.2 Å². The molecule has 1 amide bonds. The van der Waals surface area contributed by atoms with Gasteiger partial charge in [0.1, 0.15) is 0 Å². The Kier molecular flexibility index (Phi) is 5.78. The van der Waals surface area contributed by atoms with E-state index in [-0.39, 0.29) is 5.91 Å². The Bertz CT molecular complexity index is 1560. The number of imidazole rings is 1. The van der Waals surface area contributed by atoms with Gasteiger partial charge >= 0.3 is 0 Å². The average molecular weight is 467 g/mol. The van der Waals surface area contributed by atoms with Gasteiger partial charge in [-0.15, -0.1) is 0 Å². The second kappa shape index (κ2) is 9.04. The fourth-order valence-electron chi connectivity index (χ4n) is 4.27. The van der Waals surface area contributed by atoms with Gasteiger partial charge in [-0.1, -0.05) is 72.3 Å². The minimum absolute atomic E-state index is 0.107. The lowest BCUT2D eigenvalue weighted by molar-refractivity contribution is -0.114. The van der Waals surface area contributed by atoms with E-state index in [1.807, 2.05) is 106 Å². The molecule has 0 bridgehead atoms. The summed E-state index contributed by atoms with van der Waals surface area (Å²) in [7, 11) is 0. The van der Waals surface area contributed by atoms with E-state index in [0.717, 1.165) is 39.1 Å². The Hall–Kier alpha value is -4.09. The maximum absolute atomic E-state index is 11.6. The van der Waals surface area contributed by atoms with Crippen molar-refractivity contribution in [3.8, 4) is 16.8 Å². The first-order valence-electron chi connectivity index (χ1n) is 11.0. The van der Waals surface area contributed by atoms with Crippen molar-refractivity contribution in [2.45, 2.75) is 13.5 Å². The van der Waals surface area contributed by atoms with Crippen LogP contribution in [0.4, 0.5) is 5.69 Å². The van der Waals surface area contributed by atoms with Crippen LogP contribution < -0.4 is 10.9 Å². The average Bonchev–Trinajstić information content (AvgIpc) is 3.12. The number of halogens is 1. The van der Waals surface area contributed by atoms with Gasteiger partial charge in [-0.25, -0.2) is 0 Å². The molecule has 0 spiro atoms. The molecular weight excluding hydrogens is 444 g/mol. The number of rotatable bonds is 5. The lowest BCUT2D eigenvalue weighted by atomic mass is 10.0. The first-order valence-corrected chi connectivity index (χ1v) is 11.4. The number of hydrogen-bond acceptors (Lipinski definition) is 2. The van der Waals surface area contributed by atoms with E-state index in [1.165, 1.54) is 6.92 Å². The van der Waals surface area contributed by atoms with Crippen LogP contribution in [0, 0.1) is 5.41 Å². The van der Waals surface area contributed by atoms with Crippen molar-refractivity contribution in [1.82, 2.24) is 9.13 Å². The number of aromatic nitrogens is 2. The van der Waals surface area contributed by atoms with Crippen LogP contribution in [0.2, 0.25) is 5.02 Å². The zero-order valence-electron chi connectivity index (χ0n) is 18.6. The summed E-state index contributed by atoms with van der Waals surface area (Å²) in [6.07, 6.45) is 0. The lowest BCUT2D eigenvalue weighted by Gasteiger charge is -2.11. The topological polar surface area (TPSA) is 62.8 Å². The molecule has 0 fully saturated rings. The summed E-state index contributed by atoms with van der Waals surface area (Å²) in [6, 6.07) is 31.5. The minimum Gasteiger partial charge on any atom is -0.326 e. The maximum Gasteiger partial charge on any atom is 0.221 e. The van der Waals surface area contributed by atoms with Crippen LogP contribution >= 0.6 is 11.6 Å². The second-order valence-electron chi connectivity index (χ2n) is 8.10. The van der Waals surface area contributed by atoms with E-state index in [1.54, 1.807) is 0 Å². The SMILES string of the molecule is CC(=O)Nc1ccccc1-c1ccc(-n2c(=N)n(Cc3ccccc3Cl)c3ccccc32)cc1. The van der Waals surface area contributed by atoms with Crippen molar-refractivity contribution in [3.63, 3.8) is 0 Å². The van der Waals surface area contributed by atoms with E-state index in [4.69, 9.17) is 17.0 Å². The standard InChI is InChI=1S/C28H23ClN4O/c1-19(34)31-25-11-5-3-9-23(25)20-14-16-22(17-15-20)33-27-13-7-6-12-26(27)32(28(33)30)18-21-8-2-4-10-24(21)29/h2-17,30H,18H2,1H3,(H,31,34). The van der Waals surface area contributed by atoms with Gasteiger partial charge in [0.25, 0.3) is 0 Å². The first kappa shape index (κ1) is 21.7. The van der Waals surface area contributed by atoms with E-state index < -0.39 is 0 Å². The number of carbonyl (C=O) groups is 1. The van der Waals surface area contributed by atoms with Gasteiger partial charge in [-0.3, -0.25) is 14.8 Å². The highest BCUT2D eigenvalue weighted by molar-refractivity contribution is 6.31. The number of anilines is 1. The van der Waals surface area contributed by atoms with Crippen LogP contribution in [0.5, 0.6) is 0 Å². The summed E-state index contributed by atoms with van der Waals surface area (Å²) in [6.45, 7) is 2.01. The Morgan fingerprint density at radius 3 is 2.24 bits per heavy atom. The molecule has 0 atom stereocenters. The number of para-hydroxylation sites is 3. The number of nitrogens with zero attached hydrogens (tertiary/aromatic N) is 2. The predicted molar refractivity (Wildman–Crippen MR) is 137 cm³/mol. The van der Waals surface area contributed by atoms with Gasteiger partial charge in [0, 0.05) is 28.9 Å². The van der Waals surface area contributed by atoms with E-state index in [2.05, 4.69) is 5.32 Å². The molecule has 4 aromatic carbocycles. The quantitative estimate of drug-likeness (QED) is 0.316. The summed E-state index contributed by atoms with van der Waals surface area (Å²) in [4.78, 5) is 11.6. The van der Waals surface area contributed by atoms with Crippen molar-refractivity contribution in [2.24, 2.45) is 0 Å². The molecular formula is C28H23ClN4O.